The number of amides is 1. The fourth-order valence-electron chi connectivity index (χ4n) is 3.63. The number of nitrogens with zero attached hydrogens (tertiary/aromatic N) is 3. The number of para-hydroxylation sites is 2. The molecule has 27 heavy (non-hydrogen) atoms. The third-order valence-corrected chi connectivity index (χ3v) is 5.13. The van der Waals surface area contributed by atoms with Crippen LogP contribution in [0.1, 0.15) is 34.6 Å². The van der Waals surface area contributed by atoms with E-state index in [1.54, 1.807) is 0 Å². The predicted molar refractivity (Wildman–Crippen MR) is 106 cm³/mol. The van der Waals surface area contributed by atoms with Gasteiger partial charge in [-0.15, -0.1) is 0 Å². The molecule has 5 nitrogen and oxygen atoms in total. The molecule has 1 fully saturated rings. The maximum atomic E-state index is 12.7. The Labute approximate surface area is 159 Å². The number of piperidine rings is 1. The molecule has 0 spiro atoms. The molecule has 0 atom stereocenters. The van der Waals surface area contributed by atoms with Gasteiger partial charge in [-0.3, -0.25) is 9.69 Å². The Balaban J connectivity index is 1.36. The zero-order valence-corrected chi connectivity index (χ0v) is 15.6. The molecule has 1 aromatic heterocycles. The number of hydrogen-bond acceptors (Lipinski definition) is 4. The van der Waals surface area contributed by atoms with E-state index in [1.165, 1.54) is 5.56 Å². The molecule has 1 aliphatic heterocycles. The lowest BCUT2D eigenvalue weighted by atomic mass is 10.0. The summed E-state index contributed by atoms with van der Waals surface area (Å²) in [5.41, 5.74) is 4.02. The van der Waals surface area contributed by atoms with Gasteiger partial charge in [0.05, 0.1) is 16.7 Å². The molecule has 0 saturated carbocycles. The van der Waals surface area contributed by atoms with E-state index in [2.05, 4.69) is 44.5 Å². The number of fused-ring (bicyclic) bond motifs is 1. The molecule has 4 rings (SSSR count). The number of aromatic nitrogens is 2. The van der Waals surface area contributed by atoms with E-state index in [-0.39, 0.29) is 11.9 Å². The molecule has 0 bridgehead atoms. The van der Waals surface area contributed by atoms with Crippen LogP contribution in [0.15, 0.2) is 54.6 Å². The van der Waals surface area contributed by atoms with E-state index in [1.807, 2.05) is 37.3 Å². The van der Waals surface area contributed by atoms with Gasteiger partial charge in [0.15, 0.2) is 0 Å². The van der Waals surface area contributed by atoms with Crippen LogP contribution in [0.4, 0.5) is 0 Å². The Bertz CT molecular complexity index is 933. The number of carbonyl (C=O) groups excluding carboxylic acids is 1. The lowest BCUT2D eigenvalue weighted by Gasteiger charge is -2.32. The Morgan fingerprint density at radius 2 is 1.63 bits per heavy atom. The maximum absolute atomic E-state index is 12.7. The Morgan fingerprint density at radius 3 is 2.33 bits per heavy atom. The molecule has 0 unspecified atom stereocenters. The molecule has 1 saturated heterocycles. The van der Waals surface area contributed by atoms with Crippen molar-refractivity contribution in [2.45, 2.75) is 32.4 Å². The molecule has 1 N–H and O–H groups in total. The highest BCUT2D eigenvalue weighted by Gasteiger charge is 2.23. The molecule has 2 aromatic carbocycles. The normalized spacial score (nSPS) is 15.7. The van der Waals surface area contributed by atoms with Crippen molar-refractivity contribution < 1.29 is 4.79 Å². The molecule has 1 amide bonds. The van der Waals surface area contributed by atoms with Crippen molar-refractivity contribution in [3.8, 4) is 0 Å². The molecule has 1 aliphatic rings. The Kier molecular flexibility index (Phi) is 5.12. The first kappa shape index (κ1) is 17.6. The lowest BCUT2D eigenvalue weighted by Crippen LogP contribution is -2.44. The second kappa shape index (κ2) is 7.84. The summed E-state index contributed by atoms with van der Waals surface area (Å²) in [6.45, 7) is 4.79. The summed E-state index contributed by atoms with van der Waals surface area (Å²) in [6, 6.07) is 18.4. The van der Waals surface area contributed by atoms with Gasteiger partial charge in [-0.2, -0.15) is 0 Å². The predicted octanol–water partition coefficient (Wildman–Crippen LogP) is 3.33. The van der Waals surface area contributed by atoms with E-state index in [4.69, 9.17) is 0 Å². The van der Waals surface area contributed by atoms with Crippen molar-refractivity contribution in [1.82, 2.24) is 20.2 Å². The Morgan fingerprint density at radius 1 is 1.00 bits per heavy atom. The number of nitrogens with one attached hydrogen (secondary N) is 1. The number of benzene rings is 2. The minimum absolute atomic E-state index is 0.118. The van der Waals surface area contributed by atoms with Crippen molar-refractivity contribution in [1.29, 1.82) is 0 Å². The van der Waals surface area contributed by atoms with Gasteiger partial charge in [-0.25, -0.2) is 9.97 Å². The second-order valence-corrected chi connectivity index (χ2v) is 7.16. The van der Waals surface area contributed by atoms with Crippen molar-refractivity contribution in [2.24, 2.45) is 0 Å². The highest BCUT2D eigenvalue weighted by atomic mass is 16.2. The van der Waals surface area contributed by atoms with Gasteiger partial charge in [-0.05, 0) is 37.5 Å². The molecule has 2 heterocycles. The summed E-state index contributed by atoms with van der Waals surface area (Å²) >= 11 is 0. The second-order valence-electron chi connectivity index (χ2n) is 7.16. The van der Waals surface area contributed by atoms with E-state index < -0.39 is 0 Å². The average molecular weight is 360 g/mol. The van der Waals surface area contributed by atoms with E-state index >= 15 is 0 Å². The van der Waals surface area contributed by atoms with Gasteiger partial charge in [-0.1, -0.05) is 42.5 Å². The monoisotopic (exact) mass is 360 g/mol. The minimum atomic E-state index is -0.118. The van der Waals surface area contributed by atoms with Crippen LogP contribution < -0.4 is 5.32 Å². The standard InChI is InChI=1S/C22H24N4O/c1-16-21(25-20-10-6-5-9-19(20)23-16)22(27)24-18-11-13-26(14-12-18)15-17-7-3-2-4-8-17/h2-10,18H,11-15H2,1H3,(H,24,27). The van der Waals surface area contributed by atoms with Crippen LogP contribution >= 0.6 is 0 Å². The van der Waals surface area contributed by atoms with Gasteiger partial charge in [0.2, 0.25) is 0 Å². The van der Waals surface area contributed by atoms with Gasteiger partial charge in [0.1, 0.15) is 5.69 Å². The van der Waals surface area contributed by atoms with E-state index in [0.29, 0.717) is 11.4 Å². The number of rotatable bonds is 4. The smallest absolute Gasteiger partial charge is 0.272 e. The highest BCUT2D eigenvalue weighted by molar-refractivity contribution is 5.95. The first-order valence-corrected chi connectivity index (χ1v) is 9.49. The van der Waals surface area contributed by atoms with Crippen molar-refractivity contribution in [3.05, 3.63) is 71.5 Å². The number of aryl methyl sites for hydroxylation is 1. The van der Waals surface area contributed by atoms with Crippen LogP contribution in [0.5, 0.6) is 0 Å². The van der Waals surface area contributed by atoms with Crippen molar-refractivity contribution in [2.75, 3.05) is 13.1 Å². The first-order chi connectivity index (χ1) is 13.2. The summed E-state index contributed by atoms with van der Waals surface area (Å²) in [5.74, 6) is -0.118. The SMILES string of the molecule is Cc1nc2ccccc2nc1C(=O)NC1CCN(Cc2ccccc2)CC1. The number of carbonyl (C=O) groups is 1. The summed E-state index contributed by atoms with van der Waals surface area (Å²) in [4.78, 5) is 24.2. The lowest BCUT2D eigenvalue weighted by molar-refractivity contribution is 0.0903. The fraction of sp³-hybridized carbons (Fsp3) is 0.318. The molecular formula is C22H24N4O. The van der Waals surface area contributed by atoms with Gasteiger partial charge >= 0.3 is 0 Å². The third-order valence-electron chi connectivity index (χ3n) is 5.13. The van der Waals surface area contributed by atoms with Crippen LogP contribution in [0, 0.1) is 6.92 Å². The van der Waals surface area contributed by atoms with Crippen molar-refractivity contribution >= 4 is 16.9 Å². The zero-order chi connectivity index (χ0) is 18.6. The quantitative estimate of drug-likeness (QED) is 0.775. The minimum Gasteiger partial charge on any atom is -0.348 e. The third kappa shape index (κ3) is 4.14. The summed E-state index contributed by atoms with van der Waals surface area (Å²) < 4.78 is 0. The molecular weight excluding hydrogens is 336 g/mol. The number of hydrogen-bond donors (Lipinski definition) is 1. The molecule has 138 valence electrons. The van der Waals surface area contributed by atoms with Gasteiger partial charge in [0.25, 0.3) is 5.91 Å². The topological polar surface area (TPSA) is 58.1 Å². The maximum Gasteiger partial charge on any atom is 0.272 e. The molecule has 0 radical (unpaired) electrons. The van der Waals surface area contributed by atoms with Crippen LogP contribution in [0.25, 0.3) is 11.0 Å². The van der Waals surface area contributed by atoms with E-state index in [9.17, 15) is 4.79 Å². The zero-order valence-electron chi connectivity index (χ0n) is 15.6. The van der Waals surface area contributed by atoms with Gasteiger partial charge in [0, 0.05) is 25.7 Å². The molecule has 3 aromatic rings. The Hall–Kier alpha value is -2.79. The molecule has 5 heteroatoms. The number of likely N-dealkylation sites (tertiary alicyclic amines) is 1. The van der Waals surface area contributed by atoms with E-state index in [0.717, 1.165) is 43.5 Å². The fourth-order valence-corrected chi connectivity index (χ4v) is 3.63. The van der Waals surface area contributed by atoms with Crippen LogP contribution in [0.2, 0.25) is 0 Å². The highest BCUT2D eigenvalue weighted by Crippen LogP contribution is 2.16. The van der Waals surface area contributed by atoms with Gasteiger partial charge < -0.3 is 5.32 Å². The summed E-state index contributed by atoms with van der Waals surface area (Å²) in [5, 5.41) is 3.16. The first-order valence-electron chi connectivity index (χ1n) is 9.49. The van der Waals surface area contributed by atoms with Crippen LogP contribution in [-0.2, 0) is 6.54 Å². The summed E-state index contributed by atoms with van der Waals surface area (Å²) in [6.07, 6.45) is 1.91. The summed E-state index contributed by atoms with van der Waals surface area (Å²) in [7, 11) is 0. The van der Waals surface area contributed by atoms with Crippen LogP contribution in [-0.4, -0.2) is 39.9 Å². The van der Waals surface area contributed by atoms with Crippen molar-refractivity contribution in [3.63, 3.8) is 0 Å². The average Bonchev–Trinajstić information content (AvgIpc) is 2.69. The largest absolute Gasteiger partial charge is 0.348 e. The van der Waals surface area contributed by atoms with Crippen LogP contribution in [0.3, 0.4) is 0 Å². The molecule has 0 aliphatic carbocycles.